The van der Waals surface area contributed by atoms with Gasteiger partial charge in [0.15, 0.2) is 0 Å². The molecule has 17 heavy (non-hydrogen) atoms. The number of halogens is 3. The van der Waals surface area contributed by atoms with E-state index in [-0.39, 0.29) is 5.82 Å². The van der Waals surface area contributed by atoms with Gasteiger partial charge in [0.1, 0.15) is 17.3 Å². The van der Waals surface area contributed by atoms with Crippen molar-refractivity contribution < 1.29 is 9.13 Å². The molecule has 2 aromatic rings. The van der Waals surface area contributed by atoms with E-state index >= 15 is 0 Å². The van der Waals surface area contributed by atoms with E-state index in [1.54, 1.807) is 12.1 Å². The number of hydrogen-bond donors (Lipinski definition) is 0. The second kappa shape index (κ2) is 5.65. The molecule has 0 heterocycles. The Morgan fingerprint density at radius 3 is 2.41 bits per heavy atom. The maximum atomic E-state index is 13.5. The van der Waals surface area contributed by atoms with Crippen LogP contribution in [0.1, 0.15) is 5.56 Å². The highest BCUT2D eigenvalue weighted by Crippen LogP contribution is 2.32. The normalized spacial score (nSPS) is 10.3. The summed E-state index contributed by atoms with van der Waals surface area (Å²) in [7, 11) is 0. The molecule has 0 spiro atoms. The SMILES string of the molecule is Fc1cccc(Oc2ccccc2Br)c1CBr. The Kier molecular flexibility index (Phi) is 4.18. The molecule has 0 unspecified atom stereocenters. The van der Waals surface area contributed by atoms with Gasteiger partial charge in [-0.1, -0.05) is 34.1 Å². The maximum Gasteiger partial charge on any atom is 0.141 e. The van der Waals surface area contributed by atoms with Gasteiger partial charge in [-0.05, 0) is 40.2 Å². The van der Waals surface area contributed by atoms with Gasteiger partial charge in [0.05, 0.1) is 4.47 Å². The molecular formula is C13H9Br2FO. The molecule has 0 aliphatic heterocycles. The molecule has 4 heteroatoms. The highest BCUT2D eigenvalue weighted by atomic mass is 79.9. The number of para-hydroxylation sites is 1. The van der Waals surface area contributed by atoms with Crippen LogP contribution in [0, 0.1) is 5.82 Å². The molecule has 0 saturated heterocycles. The lowest BCUT2D eigenvalue weighted by Gasteiger charge is -2.11. The van der Waals surface area contributed by atoms with Crippen LogP contribution in [0.25, 0.3) is 0 Å². The summed E-state index contributed by atoms with van der Waals surface area (Å²) < 4.78 is 20.1. The van der Waals surface area contributed by atoms with Crippen LogP contribution in [0.2, 0.25) is 0 Å². The monoisotopic (exact) mass is 358 g/mol. The first kappa shape index (κ1) is 12.6. The van der Waals surface area contributed by atoms with Gasteiger partial charge >= 0.3 is 0 Å². The van der Waals surface area contributed by atoms with Crippen molar-refractivity contribution in [2.75, 3.05) is 0 Å². The second-order valence-corrected chi connectivity index (χ2v) is 4.80. The Balaban J connectivity index is 2.37. The molecular weight excluding hydrogens is 351 g/mol. The number of hydrogen-bond acceptors (Lipinski definition) is 1. The molecule has 0 amide bonds. The Bertz CT molecular complexity index is 529. The average molecular weight is 360 g/mol. The molecule has 1 nitrogen and oxygen atoms in total. The van der Waals surface area contributed by atoms with Gasteiger partial charge < -0.3 is 4.74 Å². The molecule has 2 rings (SSSR count). The average Bonchev–Trinajstić information content (AvgIpc) is 2.32. The third-order valence-corrected chi connectivity index (χ3v) is 3.48. The van der Waals surface area contributed by atoms with E-state index in [0.717, 1.165) is 4.47 Å². The highest BCUT2D eigenvalue weighted by Gasteiger charge is 2.10. The first-order valence-corrected chi connectivity index (χ1v) is 6.89. The highest BCUT2D eigenvalue weighted by molar-refractivity contribution is 9.10. The fourth-order valence-corrected chi connectivity index (χ4v) is 2.32. The molecule has 0 bridgehead atoms. The van der Waals surface area contributed by atoms with Crippen LogP contribution in [0.4, 0.5) is 4.39 Å². The summed E-state index contributed by atoms with van der Waals surface area (Å²) in [6, 6.07) is 12.3. The van der Waals surface area contributed by atoms with Crippen LogP contribution in [0.3, 0.4) is 0 Å². The summed E-state index contributed by atoms with van der Waals surface area (Å²) in [5.74, 6) is 0.917. The minimum Gasteiger partial charge on any atom is -0.456 e. The first-order valence-electron chi connectivity index (χ1n) is 4.98. The smallest absolute Gasteiger partial charge is 0.141 e. The van der Waals surface area contributed by atoms with Crippen molar-refractivity contribution in [2.45, 2.75) is 5.33 Å². The summed E-state index contributed by atoms with van der Waals surface area (Å²) in [6.45, 7) is 0. The summed E-state index contributed by atoms with van der Waals surface area (Å²) in [5.41, 5.74) is 0.517. The van der Waals surface area contributed by atoms with Gasteiger partial charge in [0.2, 0.25) is 0 Å². The van der Waals surface area contributed by atoms with Crippen LogP contribution in [0.5, 0.6) is 11.5 Å². The van der Waals surface area contributed by atoms with E-state index in [4.69, 9.17) is 4.74 Å². The number of alkyl halides is 1. The van der Waals surface area contributed by atoms with Gasteiger partial charge in [-0.2, -0.15) is 0 Å². The lowest BCUT2D eigenvalue weighted by Crippen LogP contribution is -1.93. The number of rotatable bonds is 3. The van der Waals surface area contributed by atoms with Crippen molar-refractivity contribution in [3.05, 3.63) is 58.3 Å². The zero-order valence-corrected chi connectivity index (χ0v) is 12.0. The standard InChI is InChI=1S/C13H9Br2FO/c14-8-9-11(16)5-3-7-12(9)17-13-6-2-1-4-10(13)15/h1-7H,8H2. The quantitative estimate of drug-likeness (QED) is 0.678. The van der Waals surface area contributed by atoms with Gasteiger partial charge in [0.25, 0.3) is 0 Å². The van der Waals surface area contributed by atoms with Crippen molar-refractivity contribution in [3.63, 3.8) is 0 Å². The Hall–Kier alpha value is -0.870. The zero-order chi connectivity index (χ0) is 12.3. The van der Waals surface area contributed by atoms with Gasteiger partial charge in [0, 0.05) is 10.9 Å². The Labute approximate surface area is 116 Å². The number of ether oxygens (including phenoxy) is 1. The third kappa shape index (κ3) is 2.87. The fraction of sp³-hybridized carbons (Fsp3) is 0.0769. The molecule has 0 aliphatic rings. The number of benzene rings is 2. The van der Waals surface area contributed by atoms with Crippen molar-refractivity contribution in [2.24, 2.45) is 0 Å². The predicted molar refractivity (Wildman–Crippen MR) is 73.2 cm³/mol. The Morgan fingerprint density at radius 2 is 1.71 bits per heavy atom. The minimum absolute atomic E-state index is 0.272. The van der Waals surface area contributed by atoms with Crippen LogP contribution < -0.4 is 4.74 Å². The summed E-state index contributed by atoms with van der Waals surface area (Å²) >= 11 is 6.65. The van der Waals surface area contributed by atoms with Crippen molar-refractivity contribution in [1.82, 2.24) is 0 Å². The Morgan fingerprint density at radius 1 is 1.00 bits per heavy atom. The molecule has 2 aromatic carbocycles. The fourth-order valence-electron chi connectivity index (χ4n) is 1.41. The molecule has 0 aromatic heterocycles. The summed E-state index contributed by atoms with van der Waals surface area (Å²) in [4.78, 5) is 0. The first-order chi connectivity index (χ1) is 8.22. The molecule has 0 saturated carbocycles. The molecule has 0 aliphatic carbocycles. The summed E-state index contributed by atoms with van der Waals surface area (Å²) in [5, 5.41) is 0.416. The van der Waals surface area contributed by atoms with Crippen LogP contribution >= 0.6 is 31.9 Å². The van der Waals surface area contributed by atoms with E-state index < -0.39 is 0 Å². The van der Waals surface area contributed by atoms with Crippen LogP contribution in [-0.2, 0) is 5.33 Å². The molecule has 0 atom stereocenters. The molecule has 0 radical (unpaired) electrons. The molecule has 88 valence electrons. The topological polar surface area (TPSA) is 9.23 Å². The minimum atomic E-state index is -0.272. The largest absolute Gasteiger partial charge is 0.456 e. The maximum absolute atomic E-state index is 13.5. The van der Waals surface area contributed by atoms with Gasteiger partial charge in [-0.3, -0.25) is 0 Å². The van der Waals surface area contributed by atoms with Gasteiger partial charge in [-0.15, -0.1) is 0 Å². The van der Waals surface area contributed by atoms with Gasteiger partial charge in [-0.25, -0.2) is 4.39 Å². The van der Waals surface area contributed by atoms with Crippen molar-refractivity contribution in [1.29, 1.82) is 0 Å². The van der Waals surface area contributed by atoms with E-state index in [9.17, 15) is 4.39 Å². The lowest BCUT2D eigenvalue weighted by molar-refractivity contribution is 0.468. The third-order valence-electron chi connectivity index (χ3n) is 2.27. The lowest BCUT2D eigenvalue weighted by atomic mass is 10.2. The van der Waals surface area contributed by atoms with Crippen molar-refractivity contribution in [3.8, 4) is 11.5 Å². The van der Waals surface area contributed by atoms with E-state index in [1.165, 1.54) is 6.07 Å². The van der Waals surface area contributed by atoms with Crippen LogP contribution in [-0.4, -0.2) is 0 Å². The van der Waals surface area contributed by atoms with E-state index in [1.807, 2.05) is 24.3 Å². The molecule has 0 fully saturated rings. The predicted octanol–water partition coefficient (Wildman–Crippen LogP) is 5.28. The van der Waals surface area contributed by atoms with Crippen molar-refractivity contribution >= 4 is 31.9 Å². The van der Waals surface area contributed by atoms with E-state index in [0.29, 0.717) is 22.4 Å². The van der Waals surface area contributed by atoms with E-state index in [2.05, 4.69) is 31.9 Å². The molecule has 0 N–H and O–H groups in total. The van der Waals surface area contributed by atoms with Crippen LogP contribution in [0.15, 0.2) is 46.9 Å². The summed E-state index contributed by atoms with van der Waals surface area (Å²) in [6.07, 6.45) is 0. The zero-order valence-electron chi connectivity index (χ0n) is 8.79. The second-order valence-electron chi connectivity index (χ2n) is 3.38.